The van der Waals surface area contributed by atoms with Crippen LogP contribution in [0.1, 0.15) is 31.9 Å². The van der Waals surface area contributed by atoms with Crippen LogP contribution in [0.4, 0.5) is 16.2 Å². The zero-order chi connectivity index (χ0) is 19.5. The maximum atomic E-state index is 12.0. The molecule has 138 valence electrons. The van der Waals surface area contributed by atoms with Crippen molar-refractivity contribution in [3.8, 4) is 11.5 Å². The van der Waals surface area contributed by atoms with E-state index in [2.05, 4.69) is 5.32 Å². The molecule has 0 unspecified atom stereocenters. The first-order valence-corrected chi connectivity index (χ1v) is 8.09. The van der Waals surface area contributed by atoms with Crippen LogP contribution in [0.25, 0.3) is 0 Å². The van der Waals surface area contributed by atoms with Gasteiger partial charge < -0.3 is 9.47 Å². The summed E-state index contributed by atoms with van der Waals surface area (Å²) in [6.45, 7) is 9.10. The van der Waals surface area contributed by atoms with Crippen molar-refractivity contribution >= 4 is 17.5 Å². The molecule has 0 radical (unpaired) electrons. The molecule has 0 fully saturated rings. The number of aryl methyl sites for hydroxylation is 2. The van der Waals surface area contributed by atoms with Crippen LogP contribution in [0.3, 0.4) is 0 Å². The molecule has 26 heavy (non-hydrogen) atoms. The molecule has 0 bridgehead atoms. The third-order valence-electron chi connectivity index (χ3n) is 3.42. The van der Waals surface area contributed by atoms with Crippen LogP contribution < -0.4 is 10.1 Å². The molecule has 0 aromatic heterocycles. The van der Waals surface area contributed by atoms with Crippen LogP contribution in [0.2, 0.25) is 0 Å². The standard InChI is InChI=1S/C19H22N2O5/c1-12-10-16(25-15-8-6-14(7-9-15)21(23)24)11-13(2)17(12)20-18(22)26-19(3,4)5/h6-11H,1-5H3,(H,20,22). The lowest BCUT2D eigenvalue weighted by molar-refractivity contribution is -0.384. The van der Waals surface area contributed by atoms with Crippen LogP contribution in [0.5, 0.6) is 11.5 Å². The number of anilines is 1. The summed E-state index contributed by atoms with van der Waals surface area (Å²) in [6, 6.07) is 9.40. The van der Waals surface area contributed by atoms with Gasteiger partial charge in [-0.3, -0.25) is 15.4 Å². The number of rotatable bonds is 4. The second kappa shape index (κ2) is 7.43. The van der Waals surface area contributed by atoms with Crippen molar-refractivity contribution in [1.29, 1.82) is 0 Å². The summed E-state index contributed by atoms with van der Waals surface area (Å²) in [5.74, 6) is 1.06. The van der Waals surface area contributed by atoms with Crippen molar-refractivity contribution in [3.05, 3.63) is 57.6 Å². The molecule has 2 aromatic carbocycles. The minimum atomic E-state index is -0.579. The van der Waals surface area contributed by atoms with E-state index in [1.54, 1.807) is 32.9 Å². The second-order valence-corrected chi connectivity index (χ2v) is 6.91. The summed E-state index contributed by atoms with van der Waals surface area (Å²) in [6.07, 6.45) is -0.521. The van der Waals surface area contributed by atoms with Crippen molar-refractivity contribution in [2.24, 2.45) is 0 Å². The third-order valence-corrected chi connectivity index (χ3v) is 3.42. The van der Waals surface area contributed by atoms with E-state index in [1.807, 2.05) is 13.8 Å². The minimum Gasteiger partial charge on any atom is -0.457 e. The molecule has 7 nitrogen and oxygen atoms in total. The topological polar surface area (TPSA) is 90.7 Å². The molecular weight excluding hydrogens is 336 g/mol. The van der Waals surface area contributed by atoms with Crippen LogP contribution >= 0.6 is 0 Å². The van der Waals surface area contributed by atoms with E-state index in [-0.39, 0.29) is 5.69 Å². The summed E-state index contributed by atoms with van der Waals surface area (Å²) < 4.78 is 11.0. The highest BCUT2D eigenvalue weighted by molar-refractivity contribution is 5.87. The first-order chi connectivity index (χ1) is 12.0. The third kappa shape index (κ3) is 5.20. The van der Waals surface area contributed by atoms with Crippen LogP contribution in [0.15, 0.2) is 36.4 Å². The Bertz CT molecular complexity index is 800. The summed E-state index contributed by atoms with van der Waals surface area (Å²) in [5.41, 5.74) is 1.71. The molecule has 2 rings (SSSR count). The Kier molecular flexibility index (Phi) is 5.50. The van der Waals surface area contributed by atoms with Gasteiger partial charge in [0.2, 0.25) is 0 Å². The van der Waals surface area contributed by atoms with E-state index in [9.17, 15) is 14.9 Å². The lowest BCUT2D eigenvalue weighted by Gasteiger charge is -2.21. The van der Waals surface area contributed by atoms with E-state index >= 15 is 0 Å². The van der Waals surface area contributed by atoms with Crippen LogP contribution in [-0.2, 0) is 4.74 Å². The normalized spacial score (nSPS) is 11.0. The highest BCUT2D eigenvalue weighted by atomic mass is 16.6. The average Bonchev–Trinajstić information content (AvgIpc) is 2.50. The quantitative estimate of drug-likeness (QED) is 0.587. The average molecular weight is 358 g/mol. The van der Waals surface area contributed by atoms with Crippen molar-refractivity contribution in [2.75, 3.05) is 5.32 Å². The molecule has 0 aliphatic heterocycles. The number of nitrogens with one attached hydrogen (secondary N) is 1. The molecule has 1 N–H and O–H groups in total. The van der Waals surface area contributed by atoms with Crippen molar-refractivity contribution in [3.63, 3.8) is 0 Å². The zero-order valence-electron chi connectivity index (χ0n) is 15.5. The molecule has 1 amide bonds. The smallest absolute Gasteiger partial charge is 0.412 e. The maximum Gasteiger partial charge on any atom is 0.412 e. The summed E-state index contributed by atoms with van der Waals surface area (Å²) in [7, 11) is 0. The van der Waals surface area contributed by atoms with Gasteiger partial charge in [-0.25, -0.2) is 4.79 Å². The molecule has 0 saturated heterocycles. The Hall–Kier alpha value is -3.09. The predicted molar refractivity (Wildman–Crippen MR) is 98.9 cm³/mol. The monoisotopic (exact) mass is 358 g/mol. The number of amides is 1. The van der Waals surface area contributed by atoms with Gasteiger partial charge in [-0.1, -0.05) is 0 Å². The van der Waals surface area contributed by atoms with Gasteiger partial charge in [0.25, 0.3) is 5.69 Å². The Morgan fingerprint density at radius 3 is 2.04 bits per heavy atom. The van der Waals surface area contributed by atoms with E-state index in [0.717, 1.165) is 11.1 Å². The van der Waals surface area contributed by atoms with Gasteiger partial charge in [0, 0.05) is 12.1 Å². The molecule has 0 atom stereocenters. The largest absolute Gasteiger partial charge is 0.457 e. The minimum absolute atomic E-state index is 0.00150. The molecule has 0 aliphatic rings. The molecular formula is C19H22N2O5. The number of carbonyl (C=O) groups excluding carboxylic acids is 1. The second-order valence-electron chi connectivity index (χ2n) is 6.91. The number of carbonyl (C=O) groups is 1. The van der Waals surface area contributed by atoms with E-state index in [4.69, 9.17) is 9.47 Å². The van der Waals surface area contributed by atoms with Crippen molar-refractivity contribution < 1.29 is 19.2 Å². The maximum absolute atomic E-state index is 12.0. The number of hydrogen-bond donors (Lipinski definition) is 1. The first-order valence-electron chi connectivity index (χ1n) is 8.09. The van der Waals surface area contributed by atoms with Crippen LogP contribution in [0, 0.1) is 24.0 Å². The molecule has 7 heteroatoms. The number of nitrogens with zero attached hydrogens (tertiary/aromatic N) is 1. The lowest BCUT2D eigenvalue weighted by atomic mass is 10.1. The van der Waals surface area contributed by atoms with Gasteiger partial charge in [0.15, 0.2) is 0 Å². The van der Waals surface area contributed by atoms with Crippen molar-refractivity contribution in [2.45, 2.75) is 40.2 Å². The number of ether oxygens (including phenoxy) is 2. The van der Waals surface area contributed by atoms with Crippen molar-refractivity contribution in [1.82, 2.24) is 0 Å². The number of nitro groups is 1. The molecule has 0 aliphatic carbocycles. The van der Waals surface area contributed by atoms with E-state index < -0.39 is 16.6 Å². The molecule has 2 aromatic rings. The highest BCUT2D eigenvalue weighted by Gasteiger charge is 2.18. The Morgan fingerprint density at radius 1 is 1.04 bits per heavy atom. The number of nitro benzene ring substituents is 1. The number of non-ortho nitro benzene ring substituents is 1. The Morgan fingerprint density at radius 2 is 1.58 bits per heavy atom. The number of hydrogen-bond acceptors (Lipinski definition) is 5. The fourth-order valence-corrected chi connectivity index (χ4v) is 2.36. The predicted octanol–water partition coefficient (Wildman–Crippen LogP) is 5.35. The zero-order valence-corrected chi connectivity index (χ0v) is 15.5. The van der Waals surface area contributed by atoms with Gasteiger partial charge in [0.05, 0.1) is 10.6 Å². The fourth-order valence-electron chi connectivity index (χ4n) is 2.36. The van der Waals surface area contributed by atoms with Crippen LogP contribution in [-0.4, -0.2) is 16.6 Å². The van der Waals surface area contributed by atoms with Gasteiger partial charge >= 0.3 is 6.09 Å². The van der Waals surface area contributed by atoms with Gasteiger partial charge in [-0.2, -0.15) is 0 Å². The molecule has 0 spiro atoms. The number of benzene rings is 2. The summed E-state index contributed by atoms with van der Waals surface area (Å²) >= 11 is 0. The summed E-state index contributed by atoms with van der Waals surface area (Å²) in [4.78, 5) is 22.2. The highest BCUT2D eigenvalue weighted by Crippen LogP contribution is 2.30. The first kappa shape index (κ1) is 19.2. The van der Waals surface area contributed by atoms with E-state index in [0.29, 0.717) is 17.2 Å². The SMILES string of the molecule is Cc1cc(Oc2ccc([N+](=O)[O-])cc2)cc(C)c1NC(=O)OC(C)(C)C. The van der Waals surface area contributed by atoms with Gasteiger partial charge in [0.1, 0.15) is 17.1 Å². The molecule has 0 heterocycles. The Balaban J connectivity index is 2.15. The summed E-state index contributed by atoms with van der Waals surface area (Å²) in [5, 5.41) is 13.4. The van der Waals surface area contributed by atoms with Gasteiger partial charge in [-0.15, -0.1) is 0 Å². The molecule has 0 saturated carbocycles. The lowest BCUT2D eigenvalue weighted by Crippen LogP contribution is -2.27. The Labute approximate surface area is 152 Å². The van der Waals surface area contributed by atoms with Gasteiger partial charge in [-0.05, 0) is 70.0 Å². The van der Waals surface area contributed by atoms with E-state index in [1.165, 1.54) is 24.3 Å². The fraction of sp³-hybridized carbons (Fsp3) is 0.316.